The molecule has 14 nitrogen and oxygen atoms in total. The number of rotatable bonds is 7. The van der Waals surface area contributed by atoms with E-state index in [0.29, 0.717) is 5.56 Å². The van der Waals surface area contributed by atoms with E-state index in [2.05, 4.69) is 26.6 Å². The lowest BCUT2D eigenvalue weighted by Crippen LogP contribution is -2.59. The first-order valence-electron chi connectivity index (χ1n) is 16.1. The van der Waals surface area contributed by atoms with E-state index in [0.717, 1.165) is 11.8 Å². The van der Waals surface area contributed by atoms with Gasteiger partial charge in [-0.15, -0.1) is 0 Å². The number of amides is 6. The van der Waals surface area contributed by atoms with Crippen LogP contribution in [0.4, 0.5) is 0 Å². The molecule has 3 rings (SSSR count). The third-order valence-electron chi connectivity index (χ3n) is 8.01. The number of sulfone groups is 1. The number of hydrogen-bond donors (Lipinski definition) is 5. The summed E-state index contributed by atoms with van der Waals surface area (Å²) in [5, 5.41) is 13.4. The lowest BCUT2D eigenvalue weighted by molar-refractivity contribution is -0.139. The van der Waals surface area contributed by atoms with Gasteiger partial charge in [-0.25, -0.2) is 8.42 Å². The van der Waals surface area contributed by atoms with Crippen molar-refractivity contribution in [2.24, 2.45) is 5.92 Å². The van der Waals surface area contributed by atoms with E-state index in [4.69, 9.17) is 0 Å². The molecule has 6 amide bonds. The number of carbonyl (C=O) groups is 6. The summed E-state index contributed by atoms with van der Waals surface area (Å²) in [5.41, 5.74) is 1.31. The maximum atomic E-state index is 13.5. The predicted octanol–water partition coefficient (Wildman–Crippen LogP) is -0.141. The van der Waals surface area contributed by atoms with Crippen LogP contribution in [0.3, 0.4) is 0 Å². The fourth-order valence-corrected chi connectivity index (χ4v) is 5.84. The van der Waals surface area contributed by atoms with Gasteiger partial charge in [-0.3, -0.25) is 28.8 Å². The maximum Gasteiger partial charge on any atom is 0.245 e. The summed E-state index contributed by atoms with van der Waals surface area (Å²) in [6.07, 6.45) is 1.46. The number of hydrogen-bond acceptors (Lipinski definition) is 8. The third-order valence-corrected chi connectivity index (χ3v) is 9.14. The van der Waals surface area contributed by atoms with Crippen molar-refractivity contribution in [3.8, 4) is 0 Å². The molecule has 0 saturated carbocycles. The first-order chi connectivity index (χ1) is 23.0. The van der Waals surface area contributed by atoms with E-state index < -0.39 is 75.4 Å². The minimum Gasteiger partial charge on any atom is -0.355 e. The first-order valence-corrected chi connectivity index (χ1v) is 18.0. The highest BCUT2D eigenvalue weighted by Gasteiger charge is 2.32. The van der Waals surface area contributed by atoms with Crippen LogP contribution in [0.15, 0.2) is 59.5 Å². The molecule has 1 fully saturated rings. The number of nitrogens with one attached hydrogen (secondary N) is 5. The summed E-state index contributed by atoms with van der Waals surface area (Å²) in [5.74, 6) is -3.76. The van der Waals surface area contributed by atoms with Gasteiger partial charge in [0.15, 0.2) is 9.84 Å². The highest BCUT2D eigenvalue weighted by Crippen LogP contribution is 2.12. The molecule has 1 saturated heterocycles. The number of nitrogens with zero attached hydrogens (tertiary/aromatic N) is 1. The zero-order valence-electron chi connectivity index (χ0n) is 28.4. The second-order valence-electron chi connectivity index (χ2n) is 12.6. The molecule has 2 aromatic carbocycles. The van der Waals surface area contributed by atoms with Crippen molar-refractivity contribution >= 4 is 45.3 Å². The standard InChI is InChI=1S/C34H46N6O8S/c1-21(2)30-33(45)36-22(3)31(43)38-27(18-23-10-7-6-8-11-23)34(46)40(4)20-29(42)35-17-9-12-26(32(44)39-30)37-28(41)19-24-13-15-25(16-14-24)49(5,47)48/h6-8,10-11,13-16,21-22,26-27,30H,9,12,17-20H2,1-5H3,(H,35,42)(H,36,45)(H,37,41)(H,38,43)(H,39,44)/t22-,26+,27+,30-/m1/s1. The first kappa shape index (κ1) is 38.7. The third kappa shape index (κ3) is 12.0. The SMILES string of the molecule is CC(C)[C@H]1NC(=O)[C@@H](NC(=O)Cc2ccc(S(C)(=O)=O)cc2)CCCNC(=O)CN(C)C(=O)[C@H](Cc2ccccc2)NC(=O)[C@@H](C)NC1=O. The fourth-order valence-electron chi connectivity index (χ4n) is 5.21. The zero-order chi connectivity index (χ0) is 36.3. The van der Waals surface area contributed by atoms with Crippen LogP contribution in [0.5, 0.6) is 0 Å². The molecular formula is C34H46N6O8S. The van der Waals surface area contributed by atoms with E-state index >= 15 is 0 Å². The monoisotopic (exact) mass is 698 g/mol. The molecule has 5 N–H and O–H groups in total. The van der Waals surface area contributed by atoms with Crippen LogP contribution in [0.1, 0.15) is 44.7 Å². The van der Waals surface area contributed by atoms with Gasteiger partial charge in [-0.2, -0.15) is 0 Å². The van der Waals surface area contributed by atoms with Crippen LogP contribution < -0.4 is 26.6 Å². The Labute approximate surface area is 287 Å². The summed E-state index contributed by atoms with van der Waals surface area (Å²) >= 11 is 0. The molecule has 0 radical (unpaired) electrons. The van der Waals surface area contributed by atoms with Crippen molar-refractivity contribution in [3.05, 3.63) is 65.7 Å². The van der Waals surface area contributed by atoms with Crippen LogP contribution in [0.2, 0.25) is 0 Å². The lowest BCUT2D eigenvalue weighted by atomic mass is 10.0. The number of carbonyl (C=O) groups excluding carboxylic acids is 6. The van der Waals surface area contributed by atoms with Crippen molar-refractivity contribution in [3.63, 3.8) is 0 Å². The molecule has 0 aromatic heterocycles. The smallest absolute Gasteiger partial charge is 0.245 e. The van der Waals surface area contributed by atoms with E-state index in [-0.39, 0.29) is 43.7 Å². The average Bonchev–Trinajstić information content (AvgIpc) is 3.03. The lowest BCUT2D eigenvalue weighted by Gasteiger charge is -2.28. The minimum atomic E-state index is -3.42. The van der Waals surface area contributed by atoms with Crippen molar-refractivity contribution < 1.29 is 37.2 Å². The highest BCUT2D eigenvalue weighted by atomic mass is 32.2. The number of likely N-dealkylation sites (N-methyl/N-ethyl adjacent to an activating group) is 1. The summed E-state index contributed by atoms with van der Waals surface area (Å²) in [7, 11) is -1.96. The Bertz CT molecular complexity index is 1610. The maximum absolute atomic E-state index is 13.5. The van der Waals surface area contributed by atoms with Crippen LogP contribution in [0, 0.1) is 5.92 Å². The van der Waals surface area contributed by atoms with E-state index in [9.17, 15) is 37.2 Å². The van der Waals surface area contributed by atoms with Crippen molar-refractivity contribution in [1.82, 2.24) is 31.5 Å². The molecule has 4 atom stereocenters. The molecule has 1 heterocycles. The Morgan fingerprint density at radius 2 is 1.55 bits per heavy atom. The predicted molar refractivity (Wildman–Crippen MR) is 182 cm³/mol. The topological polar surface area (TPSA) is 200 Å². The number of benzene rings is 2. The van der Waals surface area contributed by atoms with Gasteiger partial charge in [0.05, 0.1) is 17.9 Å². The molecule has 2 aromatic rings. The molecular weight excluding hydrogens is 652 g/mol. The molecule has 1 aliphatic heterocycles. The van der Waals surface area contributed by atoms with Crippen molar-refractivity contribution in [1.29, 1.82) is 0 Å². The van der Waals surface area contributed by atoms with Gasteiger partial charge >= 0.3 is 0 Å². The van der Waals surface area contributed by atoms with E-state index in [1.807, 2.05) is 18.2 Å². The highest BCUT2D eigenvalue weighted by molar-refractivity contribution is 7.90. The Hall–Kier alpha value is -4.79. The molecule has 0 spiro atoms. The summed E-state index contributed by atoms with van der Waals surface area (Å²) in [4.78, 5) is 80.7. The fraction of sp³-hybridized carbons (Fsp3) is 0.471. The van der Waals surface area contributed by atoms with Gasteiger partial charge in [0.2, 0.25) is 35.4 Å². The van der Waals surface area contributed by atoms with Gasteiger partial charge in [-0.1, -0.05) is 56.3 Å². The van der Waals surface area contributed by atoms with E-state index in [1.54, 1.807) is 26.0 Å². The molecule has 266 valence electrons. The summed E-state index contributed by atoms with van der Waals surface area (Å²) < 4.78 is 23.5. The van der Waals surface area contributed by atoms with Crippen LogP contribution in [0.25, 0.3) is 0 Å². The molecule has 0 unspecified atom stereocenters. The largest absolute Gasteiger partial charge is 0.355 e. The Morgan fingerprint density at radius 1 is 0.898 bits per heavy atom. The zero-order valence-corrected chi connectivity index (χ0v) is 29.3. The molecule has 1 aliphatic rings. The Kier molecular flexibility index (Phi) is 13.9. The molecule has 0 aliphatic carbocycles. The van der Waals surface area contributed by atoms with Gasteiger partial charge in [-0.05, 0) is 48.9 Å². The van der Waals surface area contributed by atoms with E-state index in [1.165, 1.54) is 43.1 Å². The van der Waals surface area contributed by atoms with Crippen LogP contribution >= 0.6 is 0 Å². The van der Waals surface area contributed by atoms with Gasteiger partial charge in [0.25, 0.3) is 0 Å². The van der Waals surface area contributed by atoms with Gasteiger partial charge in [0, 0.05) is 26.3 Å². The Balaban J connectivity index is 1.81. The minimum absolute atomic E-state index is 0.101. The average molecular weight is 699 g/mol. The molecule has 49 heavy (non-hydrogen) atoms. The summed E-state index contributed by atoms with van der Waals surface area (Å²) in [6, 6.07) is 10.6. The van der Waals surface area contributed by atoms with Gasteiger partial charge < -0.3 is 31.5 Å². The van der Waals surface area contributed by atoms with Crippen LogP contribution in [-0.4, -0.2) is 99.3 Å². The molecule has 15 heteroatoms. The van der Waals surface area contributed by atoms with Crippen LogP contribution in [-0.2, 0) is 51.4 Å². The molecule has 0 bridgehead atoms. The van der Waals surface area contributed by atoms with Gasteiger partial charge in [0.1, 0.15) is 24.2 Å². The second kappa shape index (κ2) is 17.6. The quantitative estimate of drug-likeness (QED) is 0.263. The Morgan fingerprint density at radius 3 is 2.16 bits per heavy atom. The normalized spacial score (nSPS) is 22.2. The second-order valence-corrected chi connectivity index (χ2v) is 14.6. The van der Waals surface area contributed by atoms with Crippen molar-refractivity contribution in [2.45, 2.75) is 75.5 Å². The summed E-state index contributed by atoms with van der Waals surface area (Å²) in [6.45, 7) is 4.73. The van der Waals surface area contributed by atoms with Crippen molar-refractivity contribution in [2.75, 3.05) is 26.4 Å².